The maximum Gasteiger partial charge on any atom is 0.249 e. The average molecular weight is 383 g/mol. The Morgan fingerprint density at radius 3 is 1.89 bits per heavy atom. The highest BCUT2D eigenvalue weighted by Gasteiger charge is 2.24. The zero-order chi connectivity index (χ0) is 18.8. The second kappa shape index (κ2) is 8.75. The Kier molecular flexibility index (Phi) is 6.89. The van der Waals surface area contributed by atoms with Crippen LogP contribution in [0.5, 0.6) is 0 Å². The Hall–Kier alpha value is -2.06. The van der Waals surface area contributed by atoms with E-state index in [1.165, 1.54) is 33.8 Å². The molecule has 0 saturated heterocycles. The number of benzene rings is 2. The maximum atomic E-state index is 2.41. The third-order valence-electron chi connectivity index (χ3n) is 5.35. The lowest BCUT2D eigenvalue weighted by molar-refractivity contribution is -0.693. The molecule has 3 aromatic rings. The van der Waals surface area contributed by atoms with Crippen molar-refractivity contribution in [3.63, 3.8) is 0 Å². The van der Waals surface area contributed by atoms with Gasteiger partial charge in [0.25, 0.3) is 0 Å². The van der Waals surface area contributed by atoms with Gasteiger partial charge in [0, 0.05) is 25.0 Å². The topological polar surface area (TPSA) is 8.81 Å². The van der Waals surface area contributed by atoms with E-state index < -0.39 is 0 Å². The molecule has 0 radical (unpaired) electrons. The SMILES string of the molecule is Cc1c(C)[n+](Cc2ccccc2)cn1-c1c(C(C)C)cccc1C(C)C.[Cl-]. The largest absolute Gasteiger partial charge is 1.00 e. The standard InChI is InChI=1S/C24H31N2.ClH/c1-17(2)22-13-10-14-23(18(3)4)24(22)26-16-25(19(5)20(26)6)15-21-11-8-7-9-12-21;/h7-14,16-18H,15H2,1-6H3;1H/q+1;/p-1. The number of para-hydroxylation sites is 1. The van der Waals surface area contributed by atoms with E-state index in [0.29, 0.717) is 11.8 Å². The first-order valence-corrected chi connectivity index (χ1v) is 9.65. The van der Waals surface area contributed by atoms with Gasteiger partial charge in [0.1, 0.15) is 23.6 Å². The molecule has 144 valence electrons. The molecule has 0 aliphatic carbocycles. The van der Waals surface area contributed by atoms with Gasteiger partial charge in [-0.1, -0.05) is 76.2 Å². The monoisotopic (exact) mass is 382 g/mol. The zero-order valence-corrected chi connectivity index (χ0v) is 18.1. The first kappa shape index (κ1) is 21.2. The van der Waals surface area contributed by atoms with E-state index in [0.717, 1.165) is 6.54 Å². The number of nitrogens with zero attached hydrogens (tertiary/aromatic N) is 2. The van der Waals surface area contributed by atoms with E-state index >= 15 is 0 Å². The molecule has 0 aliphatic rings. The van der Waals surface area contributed by atoms with Crippen LogP contribution in [0.1, 0.15) is 67.6 Å². The Morgan fingerprint density at radius 2 is 1.37 bits per heavy atom. The molecule has 3 rings (SSSR count). The molecular weight excluding hydrogens is 352 g/mol. The first-order chi connectivity index (χ1) is 12.4. The highest BCUT2D eigenvalue weighted by Crippen LogP contribution is 2.32. The predicted octanol–water partition coefficient (Wildman–Crippen LogP) is 2.68. The summed E-state index contributed by atoms with van der Waals surface area (Å²) in [6.07, 6.45) is 2.28. The van der Waals surface area contributed by atoms with Crippen LogP contribution in [-0.4, -0.2) is 4.57 Å². The maximum absolute atomic E-state index is 2.41. The number of halogens is 1. The molecule has 0 atom stereocenters. The summed E-state index contributed by atoms with van der Waals surface area (Å²) in [5, 5.41) is 0. The molecule has 3 heteroatoms. The molecule has 2 nitrogen and oxygen atoms in total. The van der Waals surface area contributed by atoms with Crippen molar-refractivity contribution >= 4 is 0 Å². The van der Waals surface area contributed by atoms with Crippen LogP contribution in [0, 0.1) is 13.8 Å². The van der Waals surface area contributed by atoms with Gasteiger partial charge in [-0.2, -0.15) is 4.57 Å². The lowest BCUT2D eigenvalue weighted by Crippen LogP contribution is -3.00. The molecular formula is C24H31ClN2. The number of imidazole rings is 1. The normalized spacial score (nSPS) is 11.1. The van der Waals surface area contributed by atoms with Gasteiger partial charge in [0.05, 0.1) is 0 Å². The summed E-state index contributed by atoms with van der Waals surface area (Å²) >= 11 is 0. The fraction of sp³-hybridized carbons (Fsp3) is 0.375. The van der Waals surface area contributed by atoms with Gasteiger partial charge in [0.15, 0.2) is 0 Å². The van der Waals surface area contributed by atoms with Crippen molar-refractivity contribution in [3.8, 4) is 5.69 Å². The summed E-state index contributed by atoms with van der Waals surface area (Å²) in [6.45, 7) is 14.5. The second-order valence-electron chi connectivity index (χ2n) is 7.86. The van der Waals surface area contributed by atoms with Gasteiger partial charge in [0.2, 0.25) is 6.33 Å². The summed E-state index contributed by atoms with van der Waals surface area (Å²) in [7, 11) is 0. The van der Waals surface area contributed by atoms with Gasteiger partial charge in [-0.3, -0.25) is 0 Å². The number of hydrogen-bond donors (Lipinski definition) is 0. The first-order valence-electron chi connectivity index (χ1n) is 9.65. The van der Waals surface area contributed by atoms with E-state index in [-0.39, 0.29) is 12.4 Å². The molecule has 27 heavy (non-hydrogen) atoms. The summed E-state index contributed by atoms with van der Waals surface area (Å²) in [4.78, 5) is 0. The third-order valence-corrected chi connectivity index (χ3v) is 5.35. The predicted molar refractivity (Wildman–Crippen MR) is 109 cm³/mol. The van der Waals surface area contributed by atoms with Crippen LogP contribution in [0.25, 0.3) is 5.69 Å². The minimum atomic E-state index is 0. The van der Waals surface area contributed by atoms with Crippen molar-refractivity contribution < 1.29 is 17.0 Å². The number of aromatic nitrogens is 2. The van der Waals surface area contributed by atoms with E-state index in [2.05, 4.69) is 106 Å². The van der Waals surface area contributed by atoms with Crippen LogP contribution in [0.4, 0.5) is 0 Å². The van der Waals surface area contributed by atoms with Crippen molar-refractivity contribution in [2.45, 2.75) is 59.9 Å². The number of hydrogen-bond acceptors (Lipinski definition) is 0. The lowest BCUT2D eigenvalue weighted by atomic mass is 9.92. The summed E-state index contributed by atoms with van der Waals surface area (Å²) in [5.74, 6) is 0.988. The molecule has 1 heterocycles. The molecule has 0 bridgehead atoms. The Labute approximate surface area is 170 Å². The Morgan fingerprint density at radius 1 is 0.815 bits per heavy atom. The van der Waals surface area contributed by atoms with Crippen molar-refractivity contribution in [3.05, 3.63) is 82.9 Å². The smallest absolute Gasteiger partial charge is 0.249 e. The minimum Gasteiger partial charge on any atom is -1.00 e. The van der Waals surface area contributed by atoms with Crippen LogP contribution in [0.3, 0.4) is 0 Å². The summed E-state index contributed by atoms with van der Waals surface area (Å²) < 4.78 is 4.77. The van der Waals surface area contributed by atoms with Crippen LogP contribution >= 0.6 is 0 Å². The van der Waals surface area contributed by atoms with Gasteiger partial charge in [-0.05, 0) is 17.4 Å². The minimum absolute atomic E-state index is 0. The molecule has 1 aromatic heterocycles. The quantitative estimate of drug-likeness (QED) is 0.600. The van der Waals surface area contributed by atoms with Gasteiger partial charge in [-0.25, -0.2) is 4.57 Å². The van der Waals surface area contributed by atoms with Crippen LogP contribution in [0.15, 0.2) is 54.9 Å². The van der Waals surface area contributed by atoms with Crippen molar-refractivity contribution in [1.82, 2.24) is 4.57 Å². The number of rotatable bonds is 5. The molecule has 0 spiro atoms. The average Bonchev–Trinajstić information content (AvgIpc) is 2.90. The fourth-order valence-corrected chi connectivity index (χ4v) is 3.65. The van der Waals surface area contributed by atoms with E-state index in [1.54, 1.807) is 0 Å². The van der Waals surface area contributed by atoms with Gasteiger partial charge < -0.3 is 12.4 Å². The van der Waals surface area contributed by atoms with Crippen molar-refractivity contribution in [2.75, 3.05) is 0 Å². The van der Waals surface area contributed by atoms with E-state index in [1.807, 2.05) is 0 Å². The van der Waals surface area contributed by atoms with Gasteiger partial charge >= 0.3 is 0 Å². The van der Waals surface area contributed by atoms with Crippen molar-refractivity contribution in [1.29, 1.82) is 0 Å². The molecule has 0 saturated carbocycles. The molecule has 0 N–H and O–H groups in total. The fourth-order valence-electron chi connectivity index (χ4n) is 3.65. The summed E-state index contributed by atoms with van der Waals surface area (Å²) in [6, 6.07) is 17.5. The highest BCUT2D eigenvalue weighted by molar-refractivity contribution is 5.52. The Balaban J connectivity index is 0.00000261. The Bertz CT molecular complexity index is 866. The molecule has 0 amide bonds. The van der Waals surface area contributed by atoms with Crippen LogP contribution < -0.4 is 17.0 Å². The molecule has 0 fully saturated rings. The summed E-state index contributed by atoms with van der Waals surface area (Å²) in [5.41, 5.74) is 8.17. The van der Waals surface area contributed by atoms with Crippen LogP contribution in [0.2, 0.25) is 0 Å². The van der Waals surface area contributed by atoms with Gasteiger partial charge in [-0.15, -0.1) is 0 Å². The van der Waals surface area contributed by atoms with E-state index in [9.17, 15) is 0 Å². The third kappa shape index (κ3) is 4.27. The molecule has 0 unspecified atom stereocenters. The zero-order valence-electron chi connectivity index (χ0n) is 17.3. The van der Waals surface area contributed by atoms with E-state index in [4.69, 9.17) is 0 Å². The second-order valence-corrected chi connectivity index (χ2v) is 7.86. The van der Waals surface area contributed by atoms with Crippen LogP contribution in [-0.2, 0) is 6.54 Å². The highest BCUT2D eigenvalue weighted by atomic mass is 35.5. The molecule has 0 aliphatic heterocycles. The molecule has 2 aromatic carbocycles. The van der Waals surface area contributed by atoms with Crippen molar-refractivity contribution in [2.24, 2.45) is 0 Å². The lowest BCUT2D eigenvalue weighted by Gasteiger charge is -2.17.